The Balaban J connectivity index is 1.27. The second-order valence-electron chi connectivity index (χ2n) is 6.45. The molecule has 0 radical (unpaired) electrons. The van der Waals surface area contributed by atoms with Gasteiger partial charge in [-0.15, -0.1) is 11.3 Å². The third-order valence-electron chi connectivity index (χ3n) is 4.26. The molecule has 4 rings (SSSR count). The van der Waals surface area contributed by atoms with Crippen molar-refractivity contribution in [1.29, 1.82) is 0 Å². The maximum absolute atomic E-state index is 12.3. The van der Waals surface area contributed by atoms with Crippen molar-refractivity contribution >= 4 is 40.0 Å². The Bertz CT molecular complexity index is 1050. The van der Waals surface area contributed by atoms with Crippen molar-refractivity contribution < 1.29 is 4.79 Å². The van der Waals surface area contributed by atoms with Gasteiger partial charge in [-0.1, -0.05) is 36.0 Å². The van der Waals surface area contributed by atoms with Crippen LogP contribution in [0.4, 0.5) is 0 Å². The number of aromatic nitrogens is 3. The Kier molecular flexibility index (Phi) is 5.73. The van der Waals surface area contributed by atoms with Gasteiger partial charge in [0, 0.05) is 35.4 Å². The highest BCUT2D eigenvalue weighted by Crippen LogP contribution is 2.26. The molecule has 0 saturated heterocycles. The number of fused-ring (bicyclic) bond motifs is 1. The average Bonchev–Trinajstić information content (AvgIpc) is 3.32. The van der Waals surface area contributed by atoms with E-state index >= 15 is 0 Å². The van der Waals surface area contributed by atoms with Gasteiger partial charge in [0.2, 0.25) is 0 Å². The number of hydrogen-bond acceptors (Lipinski definition) is 5. The number of benzene rings is 2. The number of nitrogens with one attached hydrogen (secondary N) is 2. The minimum absolute atomic E-state index is 0.0640. The highest BCUT2D eigenvalue weighted by Gasteiger charge is 2.07. The predicted molar refractivity (Wildman–Crippen MR) is 115 cm³/mol. The quantitative estimate of drug-likeness (QED) is 0.439. The summed E-state index contributed by atoms with van der Waals surface area (Å²) < 4.78 is 1.07. The average molecular weight is 409 g/mol. The van der Waals surface area contributed by atoms with Gasteiger partial charge in [0.25, 0.3) is 5.91 Å². The summed E-state index contributed by atoms with van der Waals surface area (Å²) in [7, 11) is 0. The number of aryl methyl sites for hydroxylation is 1. The first-order chi connectivity index (χ1) is 13.7. The highest BCUT2D eigenvalue weighted by atomic mass is 32.2. The second-order valence-corrected chi connectivity index (χ2v) is 8.53. The maximum Gasteiger partial charge on any atom is 0.251 e. The van der Waals surface area contributed by atoms with Crippen LogP contribution < -0.4 is 5.32 Å². The fourth-order valence-corrected chi connectivity index (χ4v) is 4.62. The van der Waals surface area contributed by atoms with E-state index in [1.54, 1.807) is 23.1 Å². The van der Waals surface area contributed by atoms with Crippen molar-refractivity contribution in [1.82, 2.24) is 20.3 Å². The lowest BCUT2D eigenvalue weighted by Crippen LogP contribution is -2.25. The van der Waals surface area contributed by atoms with Gasteiger partial charge in [0.05, 0.1) is 11.0 Å². The second kappa shape index (κ2) is 8.58. The van der Waals surface area contributed by atoms with Crippen LogP contribution in [0.5, 0.6) is 0 Å². The zero-order valence-electron chi connectivity index (χ0n) is 15.4. The van der Waals surface area contributed by atoms with Gasteiger partial charge in [-0.05, 0) is 36.8 Å². The smallest absolute Gasteiger partial charge is 0.251 e. The van der Waals surface area contributed by atoms with Crippen LogP contribution in [0.15, 0.2) is 58.3 Å². The Labute approximate surface area is 171 Å². The minimum Gasteiger partial charge on any atom is -0.352 e. The molecule has 0 fully saturated rings. The summed E-state index contributed by atoms with van der Waals surface area (Å²) in [6.07, 6.45) is 0.669. The van der Waals surface area contributed by atoms with Gasteiger partial charge >= 0.3 is 0 Å². The van der Waals surface area contributed by atoms with Crippen molar-refractivity contribution in [3.05, 3.63) is 76.6 Å². The lowest BCUT2D eigenvalue weighted by atomic mass is 10.1. The van der Waals surface area contributed by atoms with Gasteiger partial charge in [0.1, 0.15) is 10.2 Å². The molecule has 2 N–H and O–H groups in total. The third kappa shape index (κ3) is 4.61. The summed E-state index contributed by atoms with van der Waals surface area (Å²) in [4.78, 5) is 24.6. The van der Waals surface area contributed by atoms with E-state index in [4.69, 9.17) is 0 Å². The standard InChI is InChI=1S/C21H20N4OS2/c1-14-12-27-21(23-14)28-13-15-6-8-16(9-7-15)20(26)22-11-10-19-24-17-4-2-3-5-18(17)25-19/h2-9,12H,10-11,13H2,1H3,(H,22,26)(H,24,25). The minimum atomic E-state index is -0.0640. The summed E-state index contributed by atoms with van der Waals surface area (Å²) in [6.45, 7) is 2.54. The number of imidazole rings is 1. The van der Waals surface area contributed by atoms with Crippen molar-refractivity contribution in [2.24, 2.45) is 0 Å². The van der Waals surface area contributed by atoms with Crippen molar-refractivity contribution in [3.8, 4) is 0 Å². The molecule has 4 aromatic rings. The number of aromatic amines is 1. The fraction of sp³-hybridized carbons (Fsp3) is 0.190. The molecule has 0 spiro atoms. The molecule has 0 aliphatic carbocycles. The van der Waals surface area contributed by atoms with Crippen LogP contribution in [0, 0.1) is 6.92 Å². The number of rotatable bonds is 7. The van der Waals surface area contributed by atoms with Crippen LogP contribution in [0.1, 0.15) is 27.4 Å². The fourth-order valence-electron chi connectivity index (χ4n) is 2.82. The summed E-state index contributed by atoms with van der Waals surface area (Å²) in [6, 6.07) is 15.7. The van der Waals surface area contributed by atoms with Gasteiger partial charge in [-0.2, -0.15) is 0 Å². The van der Waals surface area contributed by atoms with E-state index in [-0.39, 0.29) is 5.91 Å². The van der Waals surface area contributed by atoms with Gasteiger partial charge in [-0.3, -0.25) is 4.79 Å². The number of nitrogens with zero attached hydrogens (tertiary/aromatic N) is 2. The first-order valence-corrected chi connectivity index (χ1v) is 10.9. The number of para-hydroxylation sites is 2. The first kappa shape index (κ1) is 18.7. The van der Waals surface area contributed by atoms with Crippen molar-refractivity contribution in [2.45, 2.75) is 23.4 Å². The number of amides is 1. The molecule has 0 bridgehead atoms. The Morgan fingerprint density at radius 1 is 1.14 bits per heavy atom. The van der Waals surface area contributed by atoms with Gasteiger partial charge in [-0.25, -0.2) is 9.97 Å². The van der Waals surface area contributed by atoms with Crippen LogP contribution in [0.3, 0.4) is 0 Å². The highest BCUT2D eigenvalue weighted by molar-refractivity contribution is 8.00. The lowest BCUT2D eigenvalue weighted by Gasteiger charge is -2.05. The molecular formula is C21H20N4OS2. The molecule has 28 heavy (non-hydrogen) atoms. The molecule has 142 valence electrons. The molecule has 2 heterocycles. The molecule has 0 saturated carbocycles. The Morgan fingerprint density at radius 3 is 2.71 bits per heavy atom. The molecule has 0 unspecified atom stereocenters. The van der Waals surface area contributed by atoms with Crippen LogP contribution in [-0.4, -0.2) is 27.4 Å². The van der Waals surface area contributed by atoms with Crippen molar-refractivity contribution in [3.63, 3.8) is 0 Å². The topological polar surface area (TPSA) is 70.7 Å². The molecule has 0 atom stereocenters. The molecule has 0 aliphatic rings. The van der Waals surface area contributed by atoms with E-state index in [1.165, 1.54) is 5.56 Å². The molecule has 1 amide bonds. The normalized spacial score (nSPS) is 11.0. The summed E-state index contributed by atoms with van der Waals surface area (Å²) in [5, 5.41) is 5.02. The van der Waals surface area contributed by atoms with Crippen LogP contribution in [-0.2, 0) is 12.2 Å². The zero-order valence-corrected chi connectivity index (χ0v) is 17.1. The number of thioether (sulfide) groups is 1. The van der Waals surface area contributed by atoms with Crippen molar-refractivity contribution in [2.75, 3.05) is 6.54 Å². The predicted octanol–water partition coefficient (Wildman–Crippen LogP) is 4.59. The van der Waals surface area contributed by atoms with E-state index in [0.29, 0.717) is 18.5 Å². The third-order valence-corrected chi connectivity index (χ3v) is 6.47. The van der Waals surface area contributed by atoms with E-state index in [1.807, 2.05) is 55.5 Å². The Hall–Kier alpha value is -2.64. The lowest BCUT2D eigenvalue weighted by molar-refractivity contribution is 0.0954. The SMILES string of the molecule is Cc1csc(SCc2ccc(C(=O)NCCc3nc4ccccc4[nH]3)cc2)n1. The maximum atomic E-state index is 12.3. The zero-order chi connectivity index (χ0) is 19.3. The first-order valence-electron chi connectivity index (χ1n) is 9.03. The summed E-state index contributed by atoms with van der Waals surface area (Å²) >= 11 is 3.38. The molecule has 0 aliphatic heterocycles. The van der Waals surface area contributed by atoms with Gasteiger partial charge < -0.3 is 10.3 Å². The van der Waals surface area contributed by atoms with Crippen LogP contribution in [0.25, 0.3) is 11.0 Å². The molecule has 5 nitrogen and oxygen atoms in total. The molecule has 2 aromatic carbocycles. The van der Waals surface area contributed by atoms with E-state index in [9.17, 15) is 4.79 Å². The van der Waals surface area contributed by atoms with E-state index < -0.39 is 0 Å². The van der Waals surface area contributed by atoms with Crippen LogP contribution in [0.2, 0.25) is 0 Å². The number of hydrogen-bond donors (Lipinski definition) is 2. The summed E-state index contributed by atoms with van der Waals surface area (Å²) in [5.41, 5.74) is 4.87. The van der Waals surface area contributed by atoms with E-state index in [2.05, 4.69) is 25.6 Å². The molecule has 7 heteroatoms. The summed E-state index contributed by atoms with van der Waals surface area (Å²) in [5.74, 6) is 1.66. The number of thiazole rings is 1. The van der Waals surface area contributed by atoms with E-state index in [0.717, 1.165) is 32.6 Å². The number of H-pyrrole nitrogens is 1. The molecular weight excluding hydrogens is 388 g/mol. The Morgan fingerprint density at radius 2 is 1.96 bits per heavy atom. The monoisotopic (exact) mass is 408 g/mol. The largest absolute Gasteiger partial charge is 0.352 e. The number of carbonyl (C=O) groups is 1. The van der Waals surface area contributed by atoms with Crippen LogP contribution >= 0.6 is 23.1 Å². The molecule has 2 aromatic heterocycles. The van der Waals surface area contributed by atoms with Gasteiger partial charge in [0.15, 0.2) is 0 Å². The number of carbonyl (C=O) groups excluding carboxylic acids is 1.